The summed E-state index contributed by atoms with van der Waals surface area (Å²) >= 11 is 1.39. The Bertz CT molecular complexity index is 1420. The monoisotopic (exact) mass is 592 g/mol. The molecule has 222 valence electrons. The van der Waals surface area contributed by atoms with Crippen LogP contribution in [0.5, 0.6) is 11.5 Å². The van der Waals surface area contributed by atoms with E-state index in [1.807, 2.05) is 11.4 Å². The molecule has 41 heavy (non-hydrogen) atoms. The van der Waals surface area contributed by atoms with Crippen LogP contribution < -0.4 is 9.47 Å². The first-order valence-corrected chi connectivity index (χ1v) is 13.5. The lowest BCUT2D eigenvalue weighted by molar-refractivity contribution is -0.392. The third-order valence-electron chi connectivity index (χ3n) is 6.47. The minimum absolute atomic E-state index is 0.140. The van der Waals surface area contributed by atoms with Gasteiger partial charge in [-0.2, -0.15) is 16.4 Å². The summed E-state index contributed by atoms with van der Waals surface area (Å²) in [4.78, 5) is 25.8. The lowest BCUT2D eigenvalue weighted by Crippen LogP contribution is -2.58. The van der Waals surface area contributed by atoms with Gasteiger partial charge in [-0.05, 0) is 35.4 Å². The molecule has 3 heterocycles. The number of aromatic nitrogens is 2. The highest BCUT2D eigenvalue weighted by Gasteiger charge is 2.41. The number of benzene rings is 1. The molecule has 4 rings (SSSR count). The first-order chi connectivity index (χ1) is 19.1. The largest absolute Gasteiger partial charge is 0.496 e. The van der Waals surface area contributed by atoms with Gasteiger partial charge in [-0.25, -0.2) is 4.68 Å². The number of amides is 2. The number of carbonyl (C=O) groups is 2. The zero-order valence-corrected chi connectivity index (χ0v) is 23.6. The Labute approximate surface area is 238 Å². The van der Waals surface area contributed by atoms with Gasteiger partial charge in [0.2, 0.25) is 5.91 Å². The Hall–Kier alpha value is -3.57. The first kappa shape index (κ1) is 30.4. The summed E-state index contributed by atoms with van der Waals surface area (Å²) in [7, 11) is 1.56. The Morgan fingerprint density at radius 3 is 2.32 bits per heavy atom. The predicted molar refractivity (Wildman–Crippen MR) is 144 cm³/mol. The van der Waals surface area contributed by atoms with Crippen LogP contribution in [0.4, 0.5) is 0 Å². The number of hydrogen-bond donors (Lipinski definition) is 6. The van der Waals surface area contributed by atoms with Gasteiger partial charge in [-0.3, -0.25) is 19.4 Å². The van der Waals surface area contributed by atoms with Gasteiger partial charge in [-0.1, -0.05) is 13.8 Å². The zero-order chi connectivity index (χ0) is 30.3. The Morgan fingerprint density at radius 2 is 1.78 bits per heavy atom. The number of ether oxygens (including phenoxy) is 2. The van der Waals surface area contributed by atoms with E-state index in [2.05, 4.69) is 18.9 Å². The van der Waals surface area contributed by atoms with Crippen molar-refractivity contribution in [2.24, 2.45) is 5.92 Å². The highest BCUT2D eigenvalue weighted by atomic mass is 32.1. The van der Waals surface area contributed by atoms with Crippen molar-refractivity contribution in [2.75, 3.05) is 20.2 Å². The van der Waals surface area contributed by atoms with E-state index in [9.17, 15) is 40.2 Å². The number of nitrogens with zero attached hydrogens (tertiary/aromatic N) is 4. The Kier molecular flexibility index (Phi) is 8.42. The normalized spacial score (nSPS) is 13.0. The fraction of sp³-hybridized carbons (Fsp3) is 0.423. The van der Waals surface area contributed by atoms with Crippen LogP contribution in [-0.2, 0) is 17.8 Å². The van der Waals surface area contributed by atoms with Crippen LogP contribution in [-0.4, -0.2) is 94.4 Å². The maximum Gasteiger partial charge on any atom is 0.372 e. The molecule has 3 aromatic rings. The Morgan fingerprint density at radius 1 is 1.12 bits per heavy atom. The van der Waals surface area contributed by atoms with E-state index in [-0.39, 0.29) is 27.7 Å². The van der Waals surface area contributed by atoms with Gasteiger partial charge in [0, 0.05) is 42.6 Å². The highest BCUT2D eigenvalue weighted by molar-refractivity contribution is 7.08. The molecule has 0 fully saturated rings. The molecule has 1 aromatic carbocycles. The SMILES string of the molecule is COc1cc2c(cc1CC(C)C)-c1c(c(C(=O)N(CCN(C(C)=O)C(O)(O)O)C(O)(O)O)nn1-c1ccsc1)CO2. The molecule has 1 aliphatic rings. The summed E-state index contributed by atoms with van der Waals surface area (Å²) < 4.78 is 13.1. The van der Waals surface area contributed by atoms with Gasteiger partial charge in [-0.15, -0.1) is 0 Å². The maximum atomic E-state index is 13.7. The summed E-state index contributed by atoms with van der Waals surface area (Å²) in [5, 5.41) is 66.6. The predicted octanol–water partition coefficient (Wildman–Crippen LogP) is 0.167. The van der Waals surface area contributed by atoms with Crippen molar-refractivity contribution in [1.29, 1.82) is 0 Å². The standard InChI is InChI=1S/C26H32N4O10S/c1-14(2)9-16-10-18-21(11-20(16)39-4)40-12-19-22(27-30(23(18)19)17-5-8-41-13-17)24(32)29(26(36,37)38)7-6-28(15(3)31)25(33,34)35/h5,8,10-11,13-14,33-38H,6-7,9,12H2,1-4H3. The average molecular weight is 593 g/mol. The van der Waals surface area contributed by atoms with Crippen LogP contribution in [0.2, 0.25) is 0 Å². The number of hydrogen-bond acceptors (Lipinski definition) is 12. The van der Waals surface area contributed by atoms with Gasteiger partial charge in [0.1, 0.15) is 18.1 Å². The van der Waals surface area contributed by atoms with Gasteiger partial charge < -0.3 is 40.1 Å². The molecular weight excluding hydrogens is 560 g/mol. The fourth-order valence-electron chi connectivity index (χ4n) is 4.68. The fourth-order valence-corrected chi connectivity index (χ4v) is 5.30. The van der Waals surface area contributed by atoms with Crippen LogP contribution in [0.25, 0.3) is 16.9 Å². The molecule has 14 nitrogen and oxygen atoms in total. The second-order valence-electron chi connectivity index (χ2n) is 9.94. The summed E-state index contributed by atoms with van der Waals surface area (Å²) in [6.07, 6.45) is -6.66. The number of fused-ring (bicyclic) bond motifs is 3. The van der Waals surface area contributed by atoms with Crippen molar-refractivity contribution in [3.8, 4) is 28.4 Å². The van der Waals surface area contributed by atoms with E-state index in [0.717, 1.165) is 12.5 Å². The minimum Gasteiger partial charge on any atom is -0.496 e. The van der Waals surface area contributed by atoms with Gasteiger partial charge in [0.15, 0.2) is 5.69 Å². The maximum absolute atomic E-state index is 13.7. The first-order valence-electron chi connectivity index (χ1n) is 12.6. The third kappa shape index (κ3) is 6.20. The molecule has 6 N–H and O–H groups in total. The molecular formula is C26H32N4O10S. The minimum atomic E-state index is -3.74. The Balaban J connectivity index is 1.84. The van der Waals surface area contributed by atoms with Crippen LogP contribution in [0, 0.1) is 5.92 Å². The molecule has 0 aliphatic carbocycles. The van der Waals surface area contributed by atoms with Crippen LogP contribution >= 0.6 is 11.3 Å². The van der Waals surface area contributed by atoms with Gasteiger partial charge in [0.25, 0.3) is 5.91 Å². The number of carbonyl (C=O) groups excluding carboxylic acids is 2. The number of thiophene rings is 1. The molecule has 1 aliphatic heterocycles. The summed E-state index contributed by atoms with van der Waals surface area (Å²) in [5.41, 5.74) is 2.62. The second kappa shape index (κ2) is 11.4. The van der Waals surface area contributed by atoms with Gasteiger partial charge in [0.05, 0.1) is 18.5 Å². The van der Waals surface area contributed by atoms with E-state index < -0.39 is 37.1 Å². The molecule has 0 saturated heterocycles. The van der Waals surface area contributed by atoms with E-state index in [1.165, 1.54) is 16.0 Å². The van der Waals surface area contributed by atoms with E-state index in [0.29, 0.717) is 40.8 Å². The molecule has 0 radical (unpaired) electrons. The molecule has 0 saturated carbocycles. The summed E-state index contributed by atoms with van der Waals surface area (Å²) in [5.74, 6) is -0.763. The molecule has 0 spiro atoms. The second-order valence-corrected chi connectivity index (χ2v) is 10.7. The molecule has 15 heteroatoms. The lowest BCUT2D eigenvalue weighted by atomic mass is 9.95. The third-order valence-corrected chi connectivity index (χ3v) is 7.14. The van der Waals surface area contributed by atoms with Crippen molar-refractivity contribution >= 4 is 23.2 Å². The number of aliphatic hydroxyl groups is 6. The molecule has 0 unspecified atom stereocenters. The van der Waals surface area contributed by atoms with Crippen LogP contribution in [0.15, 0.2) is 29.0 Å². The zero-order valence-electron chi connectivity index (χ0n) is 22.8. The lowest BCUT2D eigenvalue weighted by Gasteiger charge is -2.34. The van der Waals surface area contributed by atoms with E-state index in [1.54, 1.807) is 24.6 Å². The summed E-state index contributed by atoms with van der Waals surface area (Å²) in [6.45, 7) is 3.24. The molecule has 0 bridgehead atoms. The number of rotatable bonds is 10. The molecule has 2 aromatic heterocycles. The van der Waals surface area contributed by atoms with Crippen molar-refractivity contribution < 1.29 is 49.7 Å². The van der Waals surface area contributed by atoms with Crippen molar-refractivity contribution in [1.82, 2.24) is 19.6 Å². The topological polar surface area (TPSA) is 198 Å². The van der Waals surface area contributed by atoms with E-state index >= 15 is 0 Å². The van der Waals surface area contributed by atoms with E-state index in [4.69, 9.17) is 9.47 Å². The number of methoxy groups -OCH3 is 1. The molecule has 0 atom stereocenters. The summed E-state index contributed by atoms with van der Waals surface area (Å²) in [6, 6.07) is 5.43. The van der Waals surface area contributed by atoms with Crippen LogP contribution in [0.1, 0.15) is 42.4 Å². The highest BCUT2D eigenvalue weighted by Crippen LogP contribution is 2.44. The van der Waals surface area contributed by atoms with Crippen molar-refractivity contribution in [3.05, 3.63) is 45.8 Å². The van der Waals surface area contributed by atoms with Gasteiger partial charge >= 0.3 is 12.2 Å². The average Bonchev–Trinajstić information content (AvgIpc) is 3.52. The smallest absolute Gasteiger partial charge is 0.372 e. The van der Waals surface area contributed by atoms with Crippen LogP contribution in [0.3, 0.4) is 0 Å². The van der Waals surface area contributed by atoms with Crippen molar-refractivity contribution in [3.63, 3.8) is 0 Å². The quantitative estimate of drug-likeness (QED) is 0.175. The van der Waals surface area contributed by atoms with Crippen molar-refractivity contribution in [2.45, 2.75) is 46.0 Å². The molecule has 2 amide bonds.